The second-order valence-electron chi connectivity index (χ2n) is 9.98. The first kappa shape index (κ1) is 25.7. The number of morpholine rings is 1. The number of anilines is 3. The molecule has 0 saturated carbocycles. The Morgan fingerprint density at radius 3 is 2.60 bits per heavy atom. The molecule has 5 heterocycles. The number of fused-ring (bicyclic) bond motifs is 1. The van der Waals surface area contributed by atoms with Gasteiger partial charge in [-0.2, -0.15) is 5.10 Å². The van der Waals surface area contributed by atoms with Gasteiger partial charge in [-0.15, -0.1) is 0 Å². The third-order valence-corrected chi connectivity index (χ3v) is 7.21. The van der Waals surface area contributed by atoms with Gasteiger partial charge in [0.2, 0.25) is 5.95 Å². The highest BCUT2D eigenvalue weighted by molar-refractivity contribution is 5.95. The molecule has 0 bridgehead atoms. The number of hydrogen-bond donors (Lipinski definition) is 2. The fourth-order valence-corrected chi connectivity index (χ4v) is 4.96. The Balaban J connectivity index is 1.28. The van der Waals surface area contributed by atoms with E-state index in [1.807, 2.05) is 29.1 Å². The Morgan fingerprint density at radius 1 is 1.02 bits per heavy atom. The molecule has 0 amide bonds. The van der Waals surface area contributed by atoms with Crippen LogP contribution in [0.2, 0.25) is 0 Å². The van der Waals surface area contributed by atoms with Crippen molar-refractivity contribution in [2.45, 2.75) is 13.5 Å². The van der Waals surface area contributed by atoms with E-state index in [2.05, 4.69) is 50.5 Å². The summed E-state index contributed by atoms with van der Waals surface area (Å²) in [5.41, 5.74) is 11.0. The minimum atomic E-state index is -0.134. The highest BCUT2D eigenvalue weighted by atomic mass is 16.5. The lowest BCUT2D eigenvalue weighted by molar-refractivity contribution is 0.0360. The van der Waals surface area contributed by atoms with Gasteiger partial charge in [0.25, 0.3) is 5.56 Å². The predicted molar refractivity (Wildman–Crippen MR) is 155 cm³/mol. The van der Waals surface area contributed by atoms with Gasteiger partial charge in [-0.3, -0.25) is 14.4 Å². The van der Waals surface area contributed by atoms with Crippen LogP contribution in [0.15, 0.2) is 66.1 Å². The monoisotopic (exact) mass is 537 g/mol. The van der Waals surface area contributed by atoms with Gasteiger partial charge in [0.15, 0.2) is 0 Å². The molecular formula is C29H31N9O2. The van der Waals surface area contributed by atoms with E-state index in [0.717, 1.165) is 67.2 Å². The third kappa shape index (κ3) is 5.29. The van der Waals surface area contributed by atoms with Gasteiger partial charge in [0.05, 0.1) is 37.0 Å². The van der Waals surface area contributed by atoms with E-state index in [9.17, 15) is 4.79 Å². The highest BCUT2D eigenvalue weighted by Crippen LogP contribution is 2.30. The van der Waals surface area contributed by atoms with Gasteiger partial charge >= 0.3 is 0 Å². The molecule has 0 atom stereocenters. The van der Waals surface area contributed by atoms with Gasteiger partial charge in [0.1, 0.15) is 5.82 Å². The van der Waals surface area contributed by atoms with Crippen LogP contribution in [0.1, 0.15) is 5.56 Å². The van der Waals surface area contributed by atoms with Crippen LogP contribution in [-0.2, 0) is 18.3 Å². The maximum absolute atomic E-state index is 13.1. The molecule has 0 radical (unpaired) electrons. The van der Waals surface area contributed by atoms with E-state index >= 15 is 0 Å². The molecule has 1 saturated heterocycles. The van der Waals surface area contributed by atoms with Crippen LogP contribution in [0.25, 0.3) is 33.2 Å². The maximum Gasteiger partial charge on any atom is 0.261 e. The number of ether oxygens (including phenoxy) is 1. The summed E-state index contributed by atoms with van der Waals surface area (Å²) in [5, 5.41) is 9.25. The van der Waals surface area contributed by atoms with Crippen LogP contribution in [0.4, 0.5) is 17.5 Å². The molecule has 1 aliphatic rings. The number of nitrogen functional groups attached to an aromatic ring is 1. The number of aryl methyl sites for hydroxylation is 2. The average molecular weight is 538 g/mol. The van der Waals surface area contributed by atoms with E-state index in [0.29, 0.717) is 22.5 Å². The van der Waals surface area contributed by atoms with Crippen molar-refractivity contribution in [1.82, 2.24) is 34.2 Å². The molecule has 1 aliphatic heterocycles. The molecule has 40 heavy (non-hydrogen) atoms. The number of benzene rings is 1. The van der Waals surface area contributed by atoms with Crippen molar-refractivity contribution in [1.29, 1.82) is 0 Å². The SMILES string of the molecule is Cc1cc(Nc2nc(-c3cnc(N)nc3)cc3ccn(C)c(=O)c23)ccc1-c1cnn(CCN2CCOCC2)c1. The van der Waals surface area contributed by atoms with Crippen molar-refractivity contribution in [2.24, 2.45) is 7.05 Å². The standard InChI is InChI=1S/C29H31N9O2/c1-19-13-23(3-4-24(19)22-17-33-38(18-22)8-7-37-9-11-40-12-10-37)34-27-26-20(5-6-36(2)28(26)39)14-25(35-27)21-15-31-29(30)32-16-21/h3-6,13-18H,7-12H2,1-2H3,(H,34,35)(H2,30,31,32). The van der Waals surface area contributed by atoms with Crippen LogP contribution < -0.4 is 16.6 Å². The molecular weight excluding hydrogens is 506 g/mol. The Bertz CT molecular complexity index is 1720. The Labute approximate surface area is 231 Å². The van der Waals surface area contributed by atoms with E-state index in [1.54, 1.807) is 30.2 Å². The van der Waals surface area contributed by atoms with Crippen molar-refractivity contribution in [3.63, 3.8) is 0 Å². The quantitative estimate of drug-likeness (QED) is 0.321. The van der Waals surface area contributed by atoms with E-state index < -0.39 is 0 Å². The van der Waals surface area contributed by atoms with Crippen LogP contribution in [0.3, 0.4) is 0 Å². The van der Waals surface area contributed by atoms with Crippen molar-refractivity contribution in [3.05, 3.63) is 77.2 Å². The minimum absolute atomic E-state index is 0.134. The van der Waals surface area contributed by atoms with Crippen LogP contribution >= 0.6 is 0 Å². The number of nitrogens with zero attached hydrogens (tertiary/aromatic N) is 7. The fraction of sp³-hybridized carbons (Fsp3) is 0.276. The second kappa shape index (κ2) is 10.9. The minimum Gasteiger partial charge on any atom is -0.379 e. The van der Waals surface area contributed by atoms with E-state index in [-0.39, 0.29) is 11.5 Å². The molecule has 204 valence electrons. The van der Waals surface area contributed by atoms with Gasteiger partial charge in [-0.05, 0) is 47.7 Å². The van der Waals surface area contributed by atoms with Crippen molar-refractivity contribution >= 4 is 28.2 Å². The molecule has 0 unspecified atom stereocenters. The molecule has 0 spiro atoms. The Kier molecular flexibility index (Phi) is 6.97. The van der Waals surface area contributed by atoms with Gasteiger partial charge in [-0.25, -0.2) is 15.0 Å². The fourth-order valence-electron chi connectivity index (χ4n) is 4.96. The first-order valence-corrected chi connectivity index (χ1v) is 13.2. The molecule has 6 rings (SSSR count). The topological polar surface area (TPSA) is 129 Å². The zero-order valence-corrected chi connectivity index (χ0v) is 22.5. The first-order chi connectivity index (χ1) is 19.4. The van der Waals surface area contributed by atoms with E-state index in [1.165, 1.54) is 0 Å². The molecule has 5 aromatic rings. The lowest BCUT2D eigenvalue weighted by atomic mass is 10.0. The number of rotatable bonds is 7. The molecule has 3 N–H and O–H groups in total. The van der Waals surface area contributed by atoms with Gasteiger partial charge < -0.3 is 20.4 Å². The second-order valence-corrected chi connectivity index (χ2v) is 9.98. The van der Waals surface area contributed by atoms with Gasteiger partial charge in [0, 0.05) is 68.3 Å². The first-order valence-electron chi connectivity index (χ1n) is 13.2. The van der Waals surface area contributed by atoms with Crippen LogP contribution in [-0.4, -0.2) is 67.0 Å². The summed E-state index contributed by atoms with van der Waals surface area (Å²) in [4.78, 5) is 28.5. The summed E-state index contributed by atoms with van der Waals surface area (Å²) >= 11 is 0. The lowest BCUT2D eigenvalue weighted by Gasteiger charge is -2.26. The smallest absolute Gasteiger partial charge is 0.261 e. The summed E-state index contributed by atoms with van der Waals surface area (Å²) in [6.45, 7) is 7.38. The zero-order valence-electron chi connectivity index (χ0n) is 22.5. The van der Waals surface area contributed by atoms with E-state index in [4.69, 9.17) is 15.5 Å². The number of nitrogens with two attached hydrogens (primary N) is 1. The van der Waals surface area contributed by atoms with Crippen molar-refractivity contribution in [2.75, 3.05) is 43.9 Å². The van der Waals surface area contributed by atoms with Crippen molar-refractivity contribution < 1.29 is 4.74 Å². The molecule has 1 fully saturated rings. The van der Waals surface area contributed by atoms with Crippen LogP contribution in [0, 0.1) is 6.92 Å². The highest BCUT2D eigenvalue weighted by Gasteiger charge is 2.15. The van der Waals surface area contributed by atoms with Crippen LogP contribution in [0.5, 0.6) is 0 Å². The van der Waals surface area contributed by atoms with Crippen molar-refractivity contribution in [3.8, 4) is 22.4 Å². The number of nitrogens with one attached hydrogen (secondary N) is 1. The predicted octanol–water partition coefficient (Wildman–Crippen LogP) is 3.22. The molecule has 11 nitrogen and oxygen atoms in total. The Morgan fingerprint density at radius 2 is 1.82 bits per heavy atom. The summed E-state index contributed by atoms with van der Waals surface area (Å²) in [5.74, 6) is 0.656. The number of hydrogen-bond acceptors (Lipinski definition) is 9. The molecule has 0 aliphatic carbocycles. The molecule has 4 aromatic heterocycles. The summed E-state index contributed by atoms with van der Waals surface area (Å²) in [6, 6.07) is 9.88. The summed E-state index contributed by atoms with van der Waals surface area (Å²) < 4.78 is 8.98. The Hall–Kier alpha value is -4.61. The maximum atomic E-state index is 13.1. The summed E-state index contributed by atoms with van der Waals surface area (Å²) in [6.07, 6.45) is 9.00. The zero-order chi connectivity index (χ0) is 27.6. The molecule has 1 aromatic carbocycles. The summed E-state index contributed by atoms with van der Waals surface area (Å²) in [7, 11) is 1.73. The average Bonchev–Trinajstić information content (AvgIpc) is 3.43. The third-order valence-electron chi connectivity index (χ3n) is 7.21. The number of pyridine rings is 2. The van der Waals surface area contributed by atoms with Gasteiger partial charge in [-0.1, -0.05) is 6.07 Å². The normalized spacial score (nSPS) is 14.1. The number of aromatic nitrogens is 6. The lowest BCUT2D eigenvalue weighted by Crippen LogP contribution is -2.38. The largest absolute Gasteiger partial charge is 0.379 e. The molecule has 11 heteroatoms.